The summed E-state index contributed by atoms with van der Waals surface area (Å²) in [6, 6.07) is 19.2. The first kappa shape index (κ1) is 18.1. The SMILES string of the molecule is O=C(CNC(=O)[C@H](CS)Cc1ccccc1)OCc1ccccc1. The molecule has 4 nitrogen and oxygen atoms in total. The van der Waals surface area contributed by atoms with Crippen LogP contribution in [0.15, 0.2) is 60.7 Å². The molecule has 0 aromatic heterocycles. The smallest absolute Gasteiger partial charge is 0.325 e. The van der Waals surface area contributed by atoms with E-state index in [4.69, 9.17) is 4.74 Å². The molecule has 0 radical (unpaired) electrons. The van der Waals surface area contributed by atoms with Crippen molar-refractivity contribution in [2.75, 3.05) is 12.3 Å². The molecule has 2 rings (SSSR count). The molecular weight excluding hydrogens is 322 g/mol. The molecule has 0 heterocycles. The number of hydrogen-bond acceptors (Lipinski definition) is 4. The Bertz CT molecular complexity index is 646. The van der Waals surface area contributed by atoms with Gasteiger partial charge in [0.25, 0.3) is 0 Å². The molecule has 1 atom stereocenters. The Morgan fingerprint density at radius 1 is 0.958 bits per heavy atom. The molecule has 0 spiro atoms. The number of hydrogen-bond donors (Lipinski definition) is 2. The van der Waals surface area contributed by atoms with Gasteiger partial charge in [-0.3, -0.25) is 9.59 Å². The standard InChI is InChI=1S/C19H21NO3S/c21-18(23-13-16-9-5-2-6-10-16)12-20-19(22)17(14-24)11-15-7-3-1-4-8-15/h1-10,17,24H,11-14H2,(H,20,22)/t17-/m0/s1. The summed E-state index contributed by atoms with van der Waals surface area (Å²) in [5.74, 6) is -0.507. The van der Waals surface area contributed by atoms with Crippen molar-refractivity contribution in [3.63, 3.8) is 0 Å². The van der Waals surface area contributed by atoms with E-state index in [0.29, 0.717) is 12.2 Å². The fourth-order valence-electron chi connectivity index (χ4n) is 2.23. The lowest BCUT2D eigenvalue weighted by Gasteiger charge is -2.14. The molecule has 0 saturated heterocycles. The van der Waals surface area contributed by atoms with Gasteiger partial charge < -0.3 is 10.1 Å². The number of amides is 1. The van der Waals surface area contributed by atoms with Gasteiger partial charge in [-0.15, -0.1) is 0 Å². The maximum atomic E-state index is 12.2. The summed E-state index contributed by atoms with van der Waals surface area (Å²) in [6.07, 6.45) is 0.592. The highest BCUT2D eigenvalue weighted by molar-refractivity contribution is 7.80. The first-order chi connectivity index (χ1) is 11.7. The highest BCUT2D eigenvalue weighted by Crippen LogP contribution is 2.10. The Hall–Kier alpha value is -2.27. The van der Waals surface area contributed by atoms with Crippen molar-refractivity contribution in [2.45, 2.75) is 13.0 Å². The van der Waals surface area contributed by atoms with Gasteiger partial charge in [0, 0.05) is 5.75 Å². The minimum atomic E-state index is -0.454. The number of ether oxygens (including phenoxy) is 1. The molecule has 1 amide bonds. The van der Waals surface area contributed by atoms with Gasteiger partial charge in [0.05, 0.1) is 5.92 Å². The minimum Gasteiger partial charge on any atom is -0.460 e. The van der Waals surface area contributed by atoms with E-state index in [1.165, 1.54) is 0 Å². The van der Waals surface area contributed by atoms with Gasteiger partial charge in [-0.1, -0.05) is 60.7 Å². The van der Waals surface area contributed by atoms with Crippen LogP contribution in [0.3, 0.4) is 0 Å². The van der Waals surface area contributed by atoms with Gasteiger partial charge in [-0.05, 0) is 17.5 Å². The number of carbonyl (C=O) groups is 2. The molecule has 0 bridgehead atoms. The summed E-state index contributed by atoms with van der Waals surface area (Å²) in [6.45, 7) is 0.0697. The minimum absolute atomic E-state index is 0.134. The van der Waals surface area contributed by atoms with Crippen molar-refractivity contribution in [1.29, 1.82) is 0 Å². The van der Waals surface area contributed by atoms with Crippen molar-refractivity contribution in [1.82, 2.24) is 5.32 Å². The van der Waals surface area contributed by atoms with Crippen molar-refractivity contribution in [2.24, 2.45) is 5.92 Å². The van der Waals surface area contributed by atoms with Crippen LogP contribution in [0.5, 0.6) is 0 Å². The average Bonchev–Trinajstić information content (AvgIpc) is 2.64. The highest BCUT2D eigenvalue weighted by atomic mass is 32.1. The predicted octanol–water partition coefficient (Wildman–Crippen LogP) is 2.63. The lowest BCUT2D eigenvalue weighted by atomic mass is 10.0. The zero-order valence-corrected chi connectivity index (χ0v) is 14.2. The molecule has 0 fully saturated rings. The van der Waals surface area contributed by atoms with Crippen molar-refractivity contribution in [3.8, 4) is 0 Å². The fraction of sp³-hybridized carbons (Fsp3) is 0.263. The Labute approximate surface area is 147 Å². The third kappa shape index (κ3) is 6.08. The third-order valence-corrected chi connectivity index (χ3v) is 4.01. The maximum absolute atomic E-state index is 12.2. The Balaban J connectivity index is 1.75. The number of esters is 1. The first-order valence-electron chi connectivity index (χ1n) is 7.81. The zero-order valence-electron chi connectivity index (χ0n) is 13.4. The monoisotopic (exact) mass is 343 g/mol. The third-order valence-electron chi connectivity index (χ3n) is 3.57. The summed E-state index contributed by atoms with van der Waals surface area (Å²) in [5.41, 5.74) is 1.98. The molecule has 0 aliphatic carbocycles. The van der Waals surface area contributed by atoms with E-state index < -0.39 is 5.97 Å². The van der Waals surface area contributed by atoms with Crippen LogP contribution in [-0.2, 0) is 27.4 Å². The molecule has 2 aromatic rings. The summed E-state index contributed by atoms with van der Waals surface area (Å²) in [5, 5.41) is 2.63. The molecule has 5 heteroatoms. The molecule has 0 saturated carbocycles. The van der Waals surface area contributed by atoms with Gasteiger partial charge in [0.1, 0.15) is 13.2 Å². The van der Waals surface area contributed by atoms with E-state index >= 15 is 0 Å². The van der Waals surface area contributed by atoms with Gasteiger partial charge >= 0.3 is 5.97 Å². The lowest BCUT2D eigenvalue weighted by molar-refractivity contribution is -0.145. The van der Waals surface area contributed by atoms with Crippen LogP contribution in [0.25, 0.3) is 0 Å². The van der Waals surface area contributed by atoms with Crippen LogP contribution >= 0.6 is 12.6 Å². The van der Waals surface area contributed by atoms with Crippen LogP contribution < -0.4 is 5.32 Å². The second kappa shape index (κ2) is 9.78. The van der Waals surface area contributed by atoms with E-state index in [9.17, 15) is 9.59 Å². The fourth-order valence-corrected chi connectivity index (χ4v) is 2.53. The van der Waals surface area contributed by atoms with Gasteiger partial charge in [-0.25, -0.2) is 0 Å². The number of nitrogens with one attached hydrogen (secondary N) is 1. The van der Waals surface area contributed by atoms with Gasteiger partial charge in [-0.2, -0.15) is 12.6 Å². The molecule has 126 valence electrons. The zero-order chi connectivity index (χ0) is 17.2. The van der Waals surface area contributed by atoms with E-state index in [-0.39, 0.29) is 25.0 Å². The Kier molecular flexibility index (Phi) is 7.36. The number of thiol groups is 1. The van der Waals surface area contributed by atoms with E-state index in [1.807, 2.05) is 60.7 Å². The molecule has 0 aliphatic rings. The van der Waals surface area contributed by atoms with E-state index in [0.717, 1.165) is 11.1 Å². The van der Waals surface area contributed by atoms with Crippen molar-refractivity contribution < 1.29 is 14.3 Å². The quantitative estimate of drug-likeness (QED) is 0.572. The second-order valence-electron chi connectivity index (χ2n) is 5.43. The van der Waals surface area contributed by atoms with Gasteiger partial charge in [0.2, 0.25) is 5.91 Å². The Morgan fingerprint density at radius 3 is 2.12 bits per heavy atom. The Morgan fingerprint density at radius 2 is 1.54 bits per heavy atom. The molecular formula is C19H21NO3S. The molecule has 2 aromatic carbocycles. The number of rotatable bonds is 8. The normalized spacial score (nSPS) is 11.5. The summed E-state index contributed by atoms with van der Waals surface area (Å²) >= 11 is 4.24. The van der Waals surface area contributed by atoms with Crippen molar-refractivity contribution >= 4 is 24.5 Å². The molecule has 0 unspecified atom stereocenters. The van der Waals surface area contributed by atoms with E-state index in [1.54, 1.807) is 0 Å². The first-order valence-corrected chi connectivity index (χ1v) is 8.44. The molecule has 24 heavy (non-hydrogen) atoms. The summed E-state index contributed by atoms with van der Waals surface area (Å²) in [7, 11) is 0. The van der Waals surface area contributed by atoms with Crippen LogP contribution in [0.2, 0.25) is 0 Å². The van der Waals surface area contributed by atoms with Crippen LogP contribution in [-0.4, -0.2) is 24.2 Å². The largest absolute Gasteiger partial charge is 0.460 e. The number of carbonyl (C=O) groups excluding carboxylic acids is 2. The maximum Gasteiger partial charge on any atom is 0.325 e. The second-order valence-corrected chi connectivity index (χ2v) is 5.80. The van der Waals surface area contributed by atoms with Crippen LogP contribution in [0, 0.1) is 5.92 Å². The topological polar surface area (TPSA) is 55.4 Å². The molecule has 1 N–H and O–H groups in total. The summed E-state index contributed by atoms with van der Waals surface area (Å²) in [4.78, 5) is 23.9. The van der Waals surface area contributed by atoms with Gasteiger partial charge in [0.15, 0.2) is 0 Å². The van der Waals surface area contributed by atoms with Crippen molar-refractivity contribution in [3.05, 3.63) is 71.8 Å². The van der Waals surface area contributed by atoms with E-state index in [2.05, 4.69) is 17.9 Å². The highest BCUT2D eigenvalue weighted by Gasteiger charge is 2.18. The predicted molar refractivity (Wildman–Crippen MR) is 96.7 cm³/mol. The van der Waals surface area contributed by atoms with Crippen LogP contribution in [0.1, 0.15) is 11.1 Å². The van der Waals surface area contributed by atoms with Crippen LogP contribution in [0.4, 0.5) is 0 Å². The molecule has 0 aliphatic heterocycles. The average molecular weight is 343 g/mol. The summed E-state index contributed by atoms with van der Waals surface area (Å²) < 4.78 is 5.14. The lowest BCUT2D eigenvalue weighted by Crippen LogP contribution is -2.37. The number of benzene rings is 2.